The monoisotopic (exact) mass is 248 g/mol. The van der Waals surface area contributed by atoms with Gasteiger partial charge >= 0.3 is 0 Å². The van der Waals surface area contributed by atoms with Crippen molar-refractivity contribution in [2.75, 3.05) is 11.9 Å². The van der Waals surface area contributed by atoms with E-state index in [0.717, 1.165) is 5.56 Å². The summed E-state index contributed by atoms with van der Waals surface area (Å²) in [5, 5.41) is 5.56. The maximum Gasteiger partial charge on any atom is 0.251 e. The number of nitrogens with one attached hydrogen (secondary N) is 2. The smallest absolute Gasteiger partial charge is 0.251 e. The molecule has 4 nitrogen and oxygen atoms in total. The molecule has 0 saturated heterocycles. The maximum atomic E-state index is 11.9. The Balaban J connectivity index is 2.83. The van der Waals surface area contributed by atoms with Gasteiger partial charge in [0.25, 0.3) is 5.91 Å². The summed E-state index contributed by atoms with van der Waals surface area (Å²) in [6.07, 6.45) is 0. The fourth-order valence-electron chi connectivity index (χ4n) is 1.49. The zero-order valence-corrected chi connectivity index (χ0v) is 11.3. The van der Waals surface area contributed by atoms with E-state index in [0.29, 0.717) is 23.7 Å². The van der Waals surface area contributed by atoms with Gasteiger partial charge in [-0.3, -0.25) is 9.59 Å². The van der Waals surface area contributed by atoms with E-state index >= 15 is 0 Å². The Morgan fingerprint density at radius 2 is 1.94 bits per heavy atom. The lowest BCUT2D eigenvalue weighted by molar-refractivity contribution is -0.114. The van der Waals surface area contributed by atoms with Crippen molar-refractivity contribution in [2.24, 2.45) is 5.92 Å². The normalized spacial score (nSPS) is 10.3. The molecule has 2 amide bonds. The van der Waals surface area contributed by atoms with Crippen LogP contribution in [0.1, 0.15) is 36.7 Å². The molecule has 0 aliphatic heterocycles. The number of hydrogen-bond donors (Lipinski definition) is 2. The summed E-state index contributed by atoms with van der Waals surface area (Å²) in [7, 11) is 0. The van der Waals surface area contributed by atoms with Gasteiger partial charge in [-0.05, 0) is 30.5 Å². The number of benzene rings is 1. The predicted octanol–water partition coefficient (Wildman–Crippen LogP) is 2.34. The van der Waals surface area contributed by atoms with Crippen molar-refractivity contribution < 1.29 is 9.59 Å². The minimum atomic E-state index is -0.141. The number of carbonyl (C=O) groups excluding carboxylic acids is 2. The lowest BCUT2D eigenvalue weighted by Gasteiger charge is -2.11. The van der Waals surface area contributed by atoms with Gasteiger partial charge in [-0.15, -0.1) is 0 Å². The molecule has 0 aliphatic rings. The molecule has 4 heteroatoms. The molecule has 0 fully saturated rings. The first-order valence-corrected chi connectivity index (χ1v) is 6.06. The van der Waals surface area contributed by atoms with Crippen LogP contribution in [0.25, 0.3) is 0 Å². The predicted molar refractivity (Wildman–Crippen MR) is 72.7 cm³/mol. The number of rotatable bonds is 4. The van der Waals surface area contributed by atoms with Crippen LogP contribution in [0.5, 0.6) is 0 Å². The van der Waals surface area contributed by atoms with Crippen LogP contribution in [0.15, 0.2) is 18.2 Å². The first-order valence-electron chi connectivity index (χ1n) is 6.06. The highest BCUT2D eigenvalue weighted by Crippen LogP contribution is 2.16. The van der Waals surface area contributed by atoms with Crippen molar-refractivity contribution in [1.29, 1.82) is 0 Å². The van der Waals surface area contributed by atoms with Crippen LogP contribution in [-0.4, -0.2) is 18.4 Å². The van der Waals surface area contributed by atoms with E-state index in [-0.39, 0.29) is 11.8 Å². The zero-order valence-electron chi connectivity index (χ0n) is 11.3. The minimum absolute atomic E-state index is 0.115. The van der Waals surface area contributed by atoms with Crippen LogP contribution < -0.4 is 10.6 Å². The molecule has 1 aromatic rings. The minimum Gasteiger partial charge on any atom is -0.352 e. The van der Waals surface area contributed by atoms with Crippen LogP contribution in [0.2, 0.25) is 0 Å². The molecule has 0 unspecified atom stereocenters. The maximum absolute atomic E-state index is 11.9. The molecule has 0 atom stereocenters. The van der Waals surface area contributed by atoms with Crippen LogP contribution in [0.4, 0.5) is 5.69 Å². The summed E-state index contributed by atoms with van der Waals surface area (Å²) < 4.78 is 0. The molecule has 0 spiro atoms. The van der Waals surface area contributed by atoms with E-state index in [1.54, 1.807) is 12.1 Å². The van der Waals surface area contributed by atoms with Crippen molar-refractivity contribution in [3.63, 3.8) is 0 Å². The third-order valence-corrected chi connectivity index (χ3v) is 2.48. The number of anilines is 1. The largest absolute Gasteiger partial charge is 0.352 e. The van der Waals surface area contributed by atoms with Gasteiger partial charge in [-0.2, -0.15) is 0 Å². The van der Waals surface area contributed by atoms with Crippen LogP contribution in [-0.2, 0) is 4.79 Å². The van der Waals surface area contributed by atoms with E-state index in [9.17, 15) is 9.59 Å². The number of hydrogen-bond acceptors (Lipinski definition) is 2. The van der Waals surface area contributed by atoms with Crippen LogP contribution in [0.3, 0.4) is 0 Å². The first kappa shape index (κ1) is 14.2. The molecular formula is C14H20N2O2. The van der Waals surface area contributed by atoms with Gasteiger partial charge in [0.05, 0.1) is 0 Å². The molecule has 1 aromatic carbocycles. The quantitative estimate of drug-likeness (QED) is 0.859. The Morgan fingerprint density at radius 3 is 2.50 bits per heavy atom. The summed E-state index contributed by atoms with van der Waals surface area (Å²) >= 11 is 0. The topological polar surface area (TPSA) is 58.2 Å². The Labute approximate surface area is 108 Å². The van der Waals surface area contributed by atoms with Gasteiger partial charge in [-0.25, -0.2) is 0 Å². The molecule has 0 heterocycles. The third-order valence-electron chi connectivity index (χ3n) is 2.48. The zero-order chi connectivity index (χ0) is 13.7. The molecule has 0 bridgehead atoms. The van der Waals surface area contributed by atoms with Crippen molar-refractivity contribution in [1.82, 2.24) is 5.32 Å². The second-order valence-electron chi connectivity index (χ2n) is 4.81. The van der Waals surface area contributed by atoms with Gasteiger partial charge < -0.3 is 10.6 Å². The Morgan fingerprint density at radius 1 is 1.28 bits per heavy atom. The molecule has 1 rings (SSSR count). The van der Waals surface area contributed by atoms with Crippen LogP contribution in [0, 0.1) is 12.8 Å². The van der Waals surface area contributed by atoms with Gasteiger partial charge in [-0.1, -0.05) is 19.9 Å². The van der Waals surface area contributed by atoms with E-state index in [1.807, 2.05) is 26.8 Å². The Hall–Kier alpha value is -1.84. The average Bonchev–Trinajstić information content (AvgIpc) is 2.28. The van der Waals surface area contributed by atoms with E-state index in [4.69, 9.17) is 0 Å². The highest BCUT2D eigenvalue weighted by Gasteiger charge is 2.09. The summed E-state index contributed by atoms with van der Waals surface area (Å²) in [4.78, 5) is 22.9. The lowest BCUT2D eigenvalue weighted by atomic mass is 10.1. The summed E-state index contributed by atoms with van der Waals surface area (Å²) in [6, 6.07) is 5.29. The van der Waals surface area contributed by atoms with E-state index in [1.165, 1.54) is 6.92 Å². The van der Waals surface area contributed by atoms with E-state index in [2.05, 4.69) is 10.6 Å². The van der Waals surface area contributed by atoms with Crippen molar-refractivity contribution >= 4 is 17.5 Å². The molecule has 2 N–H and O–H groups in total. The fourth-order valence-corrected chi connectivity index (χ4v) is 1.49. The first-order chi connectivity index (χ1) is 8.40. The molecule has 18 heavy (non-hydrogen) atoms. The van der Waals surface area contributed by atoms with Crippen molar-refractivity contribution in [3.8, 4) is 0 Å². The summed E-state index contributed by atoms with van der Waals surface area (Å²) in [5.41, 5.74) is 2.18. The molecule has 0 aliphatic carbocycles. The second-order valence-corrected chi connectivity index (χ2v) is 4.81. The van der Waals surface area contributed by atoms with Gasteiger partial charge in [0.2, 0.25) is 5.91 Å². The number of aryl methyl sites for hydroxylation is 1. The third kappa shape index (κ3) is 4.20. The van der Waals surface area contributed by atoms with Crippen molar-refractivity contribution in [2.45, 2.75) is 27.7 Å². The van der Waals surface area contributed by atoms with Gasteiger partial charge in [0.15, 0.2) is 0 Å². The van der Waals surface area contributed by atoms with Crippen LogP contribution >= 0.6 is 0 Å². The molecule has 0 aromatic heterocycles. The number of carbonyl (C=O) groups is 2. The highest BCUT2D eigenvalue weighted by atomic mass is 16.2. The summed E-state index contributed by atoms with van der Waals surface area (Å²) in [5.74, 6) is 0.155. The Bertz CT molecular complexity index is 453. The van der Waals surface area contributed by atoms with E-state index < -0.39 is 0 Å². The highest BCUT2D eigenvalue weighted by molar-refractivity contribution is 5.97. The van der Waals surface area contributed by atoms with Crippen molar-refractivity contribution in [3.05, 3.63) is 29.3 Å². The van der Waals surface area contributed by atoms with Gasteiger partial charge in [0, 0.05) is 24.7 Å². The van der Waals surface area contributed by atoms with Gasteiger partial charge in [0.1, 0.15) is 0 Å². The Kier molecular flexibility index (Phi) is 4.89. The number of amides is 2. The average molecular weight is 248 g/mol. The lowest BCUT2D eigenvalue weighted by Crippen LogP contribution is -2.27. The SMILES string of the molecule is CC(=O)Nc1cc(C(=O)NCC(C)C)ccc1C. The molecule has 0 saturated carbocycles. The molecular weight excluding hydrogens is 228 g/mol. The standard InChI is InChI=1S/C14H20N2O2/c1-9(2)8-15-14(18)12-6-5-10(3)13(7-12)16-11(4)17/h5-7,9H,8H2,1-4H3,(H,15,18)(H,16,17). The second kappa shape index (κ2) is 6.19. The fraction of sp³-hybridized carbons (Fsp3) is 0.429. The molecule has 0 radical (unpaired) electrons. The summed E-state index contributed by atoms with van der Waals surface area (Å²) in [6.45, 7) is 8.06. The molecule has 98 valence electrons.